The lowest BCUT2D eigenvalue weighted by atomic mass is 10.4. The molecule has 0 aliphatic heterocycles. The number of aryl methyl sites for hydroxylation is 1. The lowest BCUT2D eigenvalue weighted by Crippen LogP contribution is -2.09. The number of aromatic nitrogens is 2. The summed E-state index contributed by atoms with van der Waals surface area (Å²) in [6.45, 7) is 3.95. The van der Waals surface area contributed by atoms with Gasteiger partial charge in [0.05, 0.1) is 0 Å². The fourth-order valence-corrected chi connectivity index (χ4v) is 1.87. The molecule has 0 aliphatic rings. The number of hydrogen-bond donors (Lipinski definition) is 1. The molecule has 1 heterocycles. The molecule has 0 spiro atoms. The first kappa shape index (κ1) is 12.2. The van der Waals surface area contributed by atoms with E-state index < -0.39 is 10.8 Å². The molecule has 0 radical (unpaired) electrons. The summed E-state index contributed by atoms with van der Waals surface area (Å²) in [6.07, 6.45) is 7.51. The molecule has 0 aromatic carbocycles. The Kier molecular flexibility index (Phi) is 5.39. The van der Waals surface area contributed by atoms with Crippen LogP contribution < -0.4 is 5.32 Å². The number of imidazole rings is 1. The second-order valence-electron chi connectivity index (χ2n) is 3.50. The Labute approximate surface area is 93.5 Å². The predicted molar refractivity (Wildman–Crippen MR) is 64.6 cm³/mol. The largest absolute Gasteiger partial charge is 0.356 e. The van der Waals surface area contributed by atoms with Crippen molar-refractivity contribution in [2.24, 2.45) is 0 Å². The van der Waals surface area contributed by atoms with Gasteiger partial charge in [-0.25, -0.2) is 4.98 Å². The van der Waals surface area contributed by atoms with Gasteiger partial charge < -0.3 is 9.88 Å². The van der Waals surface area contributed by atoms with Crippen LogP contribution in [0.2, 0.25) is 0 Å². The van der Waals surface area contributed by atoms with E-state index in [0.717, 1.165) is 37.6 Å². The molecule has 15 heavy (non-hydrogen) atoms. The third-order valence-corrected chi connectivity index (χ3v) is 2.94. The highest BCUT2D eigenvalue weighted by Crippen LogP contribution is 2.05. The van der Waals surface area contributed by atoms with Crippen molar-refractivity contribution in [2.45, 2.75) is 26.3 Å². The summed E-state index contributed by atoms with van der Waals surface area (Å²) < 4.78 is 13.0. The zero-order valence-corrected chi connectivity index (χ0v) is 10.2. The summed E-state index contributed by atoms with van der Waals surface area (Å²) in [5.74, 6) is 1.67. The minimum Gasteiger partial charge on any atom is -0.356 e. The first-order chi connectivity index (χ1) is 7.24. The number of anilines is 1. The smallest absolute Gasteiger partial charge is 0.202 e. The van der Waals surface area contributed by atoms with Gasteiger partial charge in [-0.15, -0.1) is 0 Å². The Hall–Kier alpha value is -0.840. The van der Waals surface area contributed by atoms with Gasteiger partial charge >= 0.3 is 0 Å². The van der Waals surface area contributed by atoms with Crippen molar-refractivity contribution in [3.05, 3.63) is 12.4 Å². The van der Waals surface area contributed by atoms with E-state index >= 15 is 0 Å². The Morgan fingerprint density at radius 2 is 2.40 bits per heavy atom. The molecule has 1 N–H and O–H groups in total. The van der Waals surface area contributed by atoms with Crippen LogP contribution in [0.3, 0.4) is 0 Å². The van der Waals surface area contributed by atoms with E-state index in [9.17, 15) is 4.21 Å². The molecular formula is C10H19N3OS. The number of nitrogens with one attached hydrogen (secondary N) is 1. The van der Waals surface area contributed by atoms with E-state index in [-0.39, 0.29) is 0 Å². The van der Waals surface area contributed by atoms with Gasteiger partial charge in [0.1, 0.15) is 0 Å². The molecule has 0 amide bonds. The van der Waals surface area contributed by atoms with E-state index in [1.165, 1.54) is 0 Å². The summed E-state index contributed by atoms with van der Waals surface area (Å²) in [5.41, 5.74) is 0. The standard InChI is InChI=1S/C10H19N3OS/c1-3-5-11-10-12-6-8-13(10)7-4-9-15(2)14/h6,8H,3-5,7,9H2,1-2H3,(H,11,12). The van der Waals surface area contributed by atoms with Gasteiger partial charge in [0.15, 0.2) is 0 Å². The average Bonchev–Trinajstić information content (AvgIpc) is 2.62. The Morgan fingerprint density at radius 1 is 1.60 bits per heavy atom. The van der Waals surface area contributed by atoms with Crippen molar-refractivity contribution >= 4 is 16.7 Å². The normalized spacial score (nSPS) is 12.7. The first-order valence-electron chi connectivity index (χ1n) is 5.29. The van der Waals surface area contributed by atoms with E-state index in [0.29, 0.717) is 0 Å². The van der Waals surface area contributed by atoms with Gasteiger partial charge in [-0.2, -0.15) is 0 Å². The average molecular weight is 229 g/mol. The zero-order valence-electron chi connectivity index (χ0n) is 9.40. The molecule has 5 heteroatoms. The van der Waals surface area contributed by atoms with Crippen LogP contribution >= 0.6 is 0 Å². The molecule has 0 saturated carbocycles. The number of nitrogens with zero attached hydrogens (tertiary/aromatic N) is 2. The molecule has 0 aliphatic carbocycles. The minimum absolute atomic E-state index is 0.693. The van der Waals surface area contributed by atoms with Crippen molar-refractivity contribution in [1.82, 2.24) is 9.55 Å². The lowest BCUT2D eigenvalue weighted by molar-refractivity contribution is 0.662. The van der Waals surface area contributed by atoms with E-state index in [4.69, 9.17) is 0 Å². The predicted octanol–water partition coefficient (Wildman–Crippen LogP) is 1.47. The SMILES string of the molecule is CCCNc1nccn1CCCS(C)=O. The van der Waals surface area contributed by atoms with Gasteiger partial charge in [-0.1, -0.05) is 6.92 Å². The topological polar surface area (TPSA) is 46.9 Å². The van der Waals surface area contributed by atoms with E-state index in [2.05, 4.69) is 21.8 Å². The van der Waals surface area contributed by atoms with Crippen LogP contribution in [0, 0.1) is 0 Å². The highest BCUT2D eigenvalue weighted by molar-refractivity contribution is 7.84. The van der Waals surface area contributed by atoms with Crippen LogP contribution in [0.5, 0.6) is 0 Å². The second kappa shape index (κ2) is 6.61. The molecule has 4 nitrogen and oxygen atoms in total. The summed E-state index contributed by atoms with van der Waals surface area (Å²) in [5, 5.41) is 3.26. The second-order valence-corrected chi connectivity index (χ2v) is 5.06. The van der Waals surface area contributed by atoms with Crippen LogP contribution in [0.25, 0.3) is 0 Å². The van der Waals surface area contributed by atoms with E-state index in [1.807, 2.05) is 6.20 Å². The highest BCUT2D eigenvalue weighted by atomic mass is 32.2. The summed E-state index contributed by atoms with van der Waals surface area (Å²) in [4.78, 5) is 4.23. The van der Waals surface area contributed by atoms with Gasteiger partial charge in [-0.05, 0) is 12.8 Å². The Morgan fingerprint density at radius 3 is 3.07 bits per heavy atom. The summed E-state index contributed by atoms with van der Waals surface area (Å²) >= 11 is 0. The maximum Gasteiger partial charge on any atom is 0.202 e. The minimum atomic E-state index is -0.693. The van der Waals surface area contributed by atoms with Crippen LogP contribution in [-0.2, 0) is 17.3 Å². The maximum absolute atomic E-state index is 10.9. The lowest BCUT2D eigenvalue weighted by Gasteiger charge is -2.08. The molecule has 1 aromatic rings. The quantitative estimate of drug-likeness (QED) is 0.770. The number of hydrogen-bond acceptors (Lipinski definition) is 3. The van der Waals surface area contributed by atoms with Crippen LogP contribution in [0.1, 0.15) is 19.8 Å². The van der Waals surface area contributed by atoms with Crippen molar-refractivity contribution in [2.75, 3.05) is 23.9 Å². The molecule has 0 saturated heterocycles. The van der Waals surface area contributed by atoms with Crippen LogP contribution in [0.4, 0.5) is 5.95 Å². The molecule has 1 aromatic heterocycles. The molecule has 0 fully saturated rings. The first-order valence-corrected chi connectivity index (χ1v) is 7.01. The van der Waals surface area contributed by atoms with Gasteiger partial charge in [0.2, 0.25) is 5.95 Å². The van der Waals surface area contributed by atoms with Crippen molar-refractivity contribution < 1.29 is 4.21 Å². The zero-order chi connectivity index (χ0) is 11.1. The van der Waals surface area contributed by atoms with Crippen LogP contribution in [0.15, 0.2) is 12.4 Å². The molecule has 1 atom stereocenters. The molecule has 0 bridgehead atoms. The molecular weight excluding hydrogens is 210 g/mol. The summed E-state index contributed by atoms with van der Waals surface area (Å²) in [7, 11) is -0.693. The fourth-order valence-electron chi connectivity index (χ4n) is 1.33. The van der Waals surface area contributed by atoms with Crippen molar-refractivity contribution in [3.8, 4) is 0 Å². The van der Waals surface area contributed by atoms with Crippen LogP contribution in [-0.4, -0.2) is 32.3 Å². The van der Waals surface area contributed by atoms with Gasteiger partial charge in [-0.3, -0.25) is 4.21 Å². The monoisotopic (exact) mass is 229 g/mol. The maximum atomic E-state index is 10.9. The Balaban J connectivity index is 2.39. The molecule has 86 valence electrons. The highest BCUT2D eigenvalue weighted by Gasteiger charge is 2.01. The Bertz CT molecular complexity index is 311. The van der Waals surface area contributed by atoms with Crippen molar-refractivity contribution in [3.63, 3.8) is 0 Å². The summed E-state index contributed by atoms with van der Waals surface area (Å²) in [6, 6.07) is 0. The third kappa shape index (κ3) is 4.46. The third-order valence-electron chi connectivity index (χ3n) is 2.08. The van der Waals surface area contributed by atoms with E-state index in [1.54, 1.807) is 12.5 Å². The number of rotatable bonds is 7. The van der Waals surface area contributed by atoms with Gasteiger partial charge in [0, 0.05) is 48.3 Å². The van der Waals surface area contributed by atoms with Gasteiger partial charge in [0.25, 0.3) is 0 Å². The fraction of sp³-hybridized carbons (Fsp3) is 0.700. The molecule has 1 rings (SSSR count). The molecule has 1 unspecified atom stereocenters. The van der Waals surface area contributed by atoms with Crippen molar-refractivity contribution in [1.29, 1.82) is 0 Å².